The number of amides is 2. The molecule has 0 spiro atoms. The molecule has 2 unspecified atom stereocenters. The minimum Gasteiger partial charge on any atom is -0.444 e. The molecule has 3 heterocycles. The van der Waals surface area contributed by atoms with Gasteiger partial charge in [-0.25, -0.2) is 9.78 Å². The lowest BCUT2D eigenvalue weighted by molar-refractivity contribution is -0.124. The Kier molecular flexibility index (Phi) is 7.99. The first kappa shape index (κ1) is 31.5. The summed E-state index contributed by atoms with van der Waals surface area (Å²) in [5, 5.41) is 3.67. The van der Waals surface area contributed by atoms with Gasteiger partial charge in [-0.2, -0.15) is 0 Å². The van der Waals surface area contributed by atoms with E-state index in [0.717, 1.165) is 0 Å². The zero-order chi connectivity index (χ0) is 33.0. The summed E-state index contributed by atoms with van der Waals surface area (Å²) in [6.07, 6.45) is 0.972. The number of nitrogens with one attached hydrogen (secondary N) is 1. The number of hydrogen-bond acceptors (Lipinski definition) is 10. The van der Waals surface area contributed by atoms with Crippen molar-refractivity contribution in [3.05, 3.63) is 81.9 Å². The fraction of sp³-hybridized carbons (Fsp3) is 0.353. The van der Waals surface area contributed by atoms with Crippen molar-refractivity contribution in [1.29, 1.82) is 0 Å². The van der Waals surface area contributed by atoms with Crippen molar-refractivity contribution < 1.29 is 23.9 Å². The summed E-state index contributed by atoms with van der Waals surface area (Å²) in [5.74, 6) is 0.133. The van der Waals surface area contributed by atoms with Crippen molar-refractivity contribution in [2.75, 3.05) is 18.8 Å². The Hall–Kier alpha value is -4.52. The number of pyridine rings is 1. The topological polar surface area (TPSA) is 176 Å². The fourth-order valence-electron chi connectivity index (χ4n) is 6.29. The predicted octanol–water partition coefficient (Wildman–Crippen LogP) is 4.89. The lowest BCUT2D eigenvalue weighted by atomic mass is 9.70. The fourth-order valence-corrected chi connectivity index (χ4v) is 7.49. The molecule has 4 aromatic rings. The number of anilines is 1. The van der Waals surface area contributed by atoms with Crippen molar-refractivity contribution in [2.24, 2.45) is 11.5 Å². The van der Waals surface area contributed by atoms with Crippen LogP contribution in [0.15, 0.2) is 54.6 Å². The summed E-state index contributed by atoms with van der Waals surface area (Å²) in [7, 11) is 0. The third kappa shape index (κ3) is 5.57. The van der Waals surface area contributed by atoms with Crippen molar-refractivity contribution in [3.63, 3.8) is 0 Å². The summed E-state index contributed by atoms with van der Waals surface area (Å²) in [6, 6.07) is 14.6. The lowest BCUT2D eigenvalue weighted by Gasteiger charge is -2.37. The molecular weight excluding hydrogens is 604 g/mol. The lowest BCUT2D eigenvalue weighted by Crippen LogP contribution is -2.53. The number of carbonyl (C=O) groups excluding carboxylic acids is 3. The number of aromatic nitrogens is 1. The molecule has 2 aliphatic rings. The van der Waals surface area contributed by atoms with Crippen molar-refractivity contribution >= 4 is 44.9 Å². The van der Waals surface area contributed by atoms with Crippen LogP contribution in [0.1, 0.15) is 71.7 Å². The van der Waals surface area contributed by atoms with Crippen LogP contribution in [0, 0.1) is 6.92 Å². The number of nitrogens with two attached hydrogens (primary N) is 3. The zero-order valence-electron chi connectivity index (χ0n) is 26.3. The average molecular weight is 643 g/mol. The first-order chi connectivity index (χ1) is 21.8. The van der Waals surface area contributed by atoms with Gasteiger partial charge in [0.1, 0.15) is 16.9 Å². The van der Waals surface area contributed by atoms with Crippen molar-refractivity contribution in [3.8, 4) is 11.6 Å². The van der Waals surface area contributed by atoms with E-state index in [9.17, 15) is 14.4 Å². The molecule has 0 radical (unpaired) electrons. The average Bonchev–Trinajstić information content (AvgIpc) is 3.41. The molecule has 1 aliphatic heterocycles. The summed E-state index contributed by atoms with van der Waals surface area (Å²) < 4.78 is 12.1. The zero-order valence-corrected chi connectivity index (χ0v) is 27.1. The van der Waals surface area contributed by atoms with E-state index in [-0.39, 0.29) is 11.9 Å². The van der Waals surface area contributed by atoms with Gasteiger partial charge in [0.15, 0.2) is 5.78 Å². The third-order valence-electron chi connectivity index (χ3n) is 8.38. The Balaban J connectivity index is 1.34. The molecule has 3 atom stereocenters. The van der Waals surface area contributed by atoms with E-state index < -0.39 is 29.1 Å². The van der Waals surface area contributed by atoms with Crippen LogP contribution in [0.25, 0.3) is 10.1 Å². The van der Waals surface area contributed by atoms with Gasteiger partial charge in [-0.3, -0.25) is 9.59 Å². The number of ketones is 1. The maximum atomic E-state index is 14.2. The highest BCUT2D eigenvalue weighted by molar-refractivity contribution is 7.21. The number of benzene rings is 2. The van der Waals surface area contributed by atoms with Crippen LogP contribution in [0.4, 0.5) is 10.5 Å². The standard InChI is InChI=1S/C34H38N6O5S/c1-18-21(13-15-24(38-18)44-20-10-6-5-7-11-20)34(37)22-12-14-23(35)28-25(22)26(27(36)30(34)41)29(46-28)31(42)39-19-9-8-16-40(17-19)32(43)45-33(2,3)4/h5-7,10-15,19,27H,8-9,16-17,35-37H2,1-4H3,(H,39,42)/t19-,27?,34?/m1/s1. The van der Waals surface area contributed by atoms with Gasteiger partial charge >= 0.3 is 6.09 Å². The summed E-state index contributed by atoms with van der Waals surface area (Å²) in [4.78, 5) is 47.3. The molecule has 2 aromatic heterocycles. The van der Waals surface area contributed by atoms with E-state index >= 15 is 0 Å². The molecule has 6 rings (SSSR count). The maximum absolute atomic E-state index is 14.2. The SMILES string of the molecule is Cc1nc(Oc2ccccc2)ccc1C1(N)C(=O)C(N)c2c(C(=O)N[C@@H]3CCCN(C(=O)OC(C)(C)C)C3)sc3c(N)ccc1c23. The first-order valence-electron chi connectivity index (χ1n) is 15.2. The smallest absolute Gasteiger partial charge is 0.410 e. The van der Waals surface area contributed by atoms with Crippen LogP contribution in [0.3, 0.4) is 0 Å². The number of Topliss-reactive ketones (excluding diaryl/α,β-unsaturated/α-hetero) is 1. The molecule has 0 bridgehead atoms. The third-order valence-corrected chi connectivity index (χ3v) is 9.63. The summed E-state index contributed by atoms with van der Waals surface area (Å²) >= 11 is 1.18. The predicted molar refractivity (Wildman–Crippen MR) is 177 cm³/mol. The summed E-state index contributed by atoms with van der Waals surface area (Å²) in [6.45, 7) is 8.06. The Morgan fingerprint density at radius 2 is 1.80 bits per heavy atom. The van der Waals surface area contributed by atoms with Crippen LogP contribution in [-0.2, 0) is 15.1 Å². The monoisotopic (exact) mass is 642 g/mol. The van der Waals surface area contributed by atoms with Gasteiger partial charge in [-0.15, -0.1) is 11.3 Å². The van der Waals surface area contributed by atoms with E-state index in [0.29, 0.717) is 80.6 Å². The van der Waals surface area contributed by atoms with E-state index in [1.807, 2.05) is 51.1 Å². The molecule has 12 heteroatoms. The van der Waals surface area contributed by atoms with Gasteiger partial charge in [0.25, 0.3) is 5.91 Å². The second-order valence-electron chi connectivity index (χ2n) is 12.8. The van der Waals surface area contributed by atoms with E-state index in [4.69, 9.17) is 26.7 Å². The Labute approximate surface area is 271 Å². The van der Waals surface area contributed by atoms with Gasteiger partial charge in [0.05, 0.1) is 15.6 Å². The van der Waals surface area contributed by atoms with Crippen molar-refractivity contribution in [1.82, 2.24) is 15.2 Å². The number of hydrogen-bond donors (Lipinski definition) is 4. The van der Waals surface area contributed by atoms with Crippen LogP contribution in [-0.4, -0.2) is 52.4 Å². The van der Waals surface area contributed by atoms with Crippen LogP contribution in [0.2, 0.25) is 0 Å². The van der Waals surface area contributed by atoms with Gasteiger partial charge < -0.3 is 36.9 Å². The van der Waals surface area contributed by atoms with Crippen LogP contribution < -0.4 is 27.3 Å². The van der Waals surface area contributed by atoms with Crippen LogP contribution in [0.5, 0.6) is 11.6 Å². The molecule has 2 amide bonds. The molecule has 1 aliphatic carbocycles. The number of nitrogen functional groups attached to an aromatic ring is 1. The van der Waals surface area contributed by atoms with Gasteiger partial charge in [-0.05, 0) is 70.4 Å². The number of rotatable bonds is 5. The minimum absolute atomic E-state index is 0.299. The number of likely N-dealkylation sites (tertiary alicyclic amines) is 1. The number of ether oxygens (including phenoxy) is 2. The van der Waals surface area contributed by atoms with E-state index in [1.165, 1.54) is 11.3 Å². The highest BCUT2D eigenvalue weighted by Gasteiger charge is 2.49. The Bertz CT molecular complexity index is 1850. The van der Waals surface area contributed by atoms with E-state index in [2.05, 4.69) is 10.3 Å². The number of thiophene rings is 1. The number of para-hydroxylation sites is 1. The van der Waals surface area contributed by atoms with Gasteiger partial charge in [0.2, 0.25) is 5.88 Å². The normalized spacial score (nSPS) is 21.3. The Morgan fingerprint density at radius 3 is 2.50 bits per heavy atom. The molecule has 1 saturated heterocycles. The molecule has 11 nitrogen and oxygen atoms in total. The highest BCUT2D eigenvalue weighted by Crippen LogP contribution is 2.50. The largest absolute Gasteiger partial charge is 0.444 e. The first-order valence-corrected chi connectivity index (χ1v) is 16.0. The molecule has 240 valence electrons. The van der Waals surface area contributed by atoms with Crippen molar-refractivity contribution in [2.45, 2.75) is 63.8 Å². The number of aryl methyl sites for hydroxylation is 1. The molecule has 7 N–H and O–H groups in total. The van der Waals surface area contributed by atoms with E-state index in [1.54, 1.807) is 36.1 Å². The summed E-state index contributed by atoms with van der Waals surface area (Å²) in [5.41, 5.74) is 20.2. The minimum atomic E-state index is -1.65. The maximum Gasteiger partial charge on any atom is 0.410 e. The molecule has 46 heavy (non-hydrogen) atoms. The second-order valence-corrected chi connectivity index (χ2v) is 13.9. The molecule has 2 aromatic carbocycles. The Morgan fingerprint density at radius 1 is 1.09 bits per heavy atom. The highest BCUT2D eigenvalue weighted by atomic mass is 32.1. The molecule has 0 saturated carbocycles. The number of piperidine rings is 1. The van der Waals surface area contributed by atoms with Crippen LogP contribution >= 0.6 is 11.3 Å². The molecular formula is C34H38N6O5S. The second kappa shape index (κ2) is 11.7. The number of carbonyl (C=O) groups is 3. The van der Waals surface area contributed by atoms with Gasteiger partial charge in [-0.1, -0.05) is 24.3 Å². The number of nitrogens with zero attached hydrogens (tertiary/aromatic N) is 2. The van der Waals surface area contributed by atoms with Gasteiger partial charge in [0, 0.05) is 53.1 Å². The molecule has 1 fully saturated rings. The quantitative estimate of drug-likeness (QED) is 0.221.